The molecule has 3 aromatic rings. The van der Waals surface area contributed by atoms with E-state index < -0.39 is 23.7 Å². The van der Waals surface area contributed by atoms with Gasteiger partial charge in [-0.25, -0.2) is 19.7 Å². The van der Waals surface area contributed by atoms with Crippen LogP contribution in [0.25, 0.3) is 15.6 Å². The zero-order valence-corrected chi connectivity index (χ0v) is 28.5. The maximum atomic E-state index is 13.9. The zero-order chi connectivity index (χ0) is 35.0. The van der Waals surface area contributed by atoms with Gasteiger partial charge in [0.1, 0.15) is 18.0 Å². The maximum absolute atomic E-state index is 13.9. The van der Waals surface area contributed by atoms with E-state index in [1.165, 1.54) is 4.90 Å². The fourth-order valence-electron chi connectivity index (χ4n) is 7.48. The van der Waals surface area contributed by atoms with E-state index in [2.05, 4.69) is 40.4 Å². The molecule has 49 heavy (non-hydrogen) atoms. The van der Waals surface area contributed by atoms with Gasteiger partial charge in [0.15, 0.2) is 5.83 Å². The minimum Gasteiger partial charge on any atom is -0.459 e. The van der Waals surface area contributed by atoms with E-state index in [9.17, 15) is 18.0 Å². The van der Waals surface area contributed by atoms with E-state index in [4.69, 9.17) is 21.3 Å². The number of fused-ring (bicyclic) bond motifs is 2. The van der Waals surface area contributed by atoms with Crippen LogP contribution in [-0.4, -0.2) is 101 Å². The van der Waals surface area contributed by atoms with Crippen LogP contribution in [0.4, 0.5) is 24.7 Å². The number of halogens is 3. The van der Waals surface area contributed by atoms with Crippen molar-refractivity contribution < 1.29 is 22.7 Å². The molecule has 10 nitrogen and oxygen atoms in total. The zero-order valence-electron chi connectivity index (χ0n) is 28.5. The number of amides is 1. The summed E-state index contributed by atoms with van der Waals surface area (Å²) in [7, 11) is 1.92. The van der Waals surface area contributed by atoms with E-state index in [1.54, 1.807) is 0 Å². The molecule has 3 aliphatic rings. The molecule has 1 saturated heterocycles. The Morgan fingerprint density at radius 3 is 2.67 bits per heavy atom. The van der Waals surface area contributed by atoms with Crippen LogP contribution < -0.4 is 14.5 Å². The van der Waals surface area contributed by atoms with Crippen molar-refractivity contribution in [3.8, 4) is 6.01 Å². The van der Waals surface area contributed by atoms with Crippen molar-refractivity contribution in [3.63, 3.8) is 0 Å². The molecule has 13 heteroatoms. The van der Waals surface area contributed by atoms with Gasteiger partial charge in [-0.15, -0.1) is 0 Å². The number of hydrogen-bond donors (Lipinski definition) is 0. The smallest absolute Gasteiger partial charge is 0.318 e. The van der Waals surface area contributed by atoms with Crippen LogP contribution in [0.15, 0.2) is 43.0 Å². The van der Waals surface area contributed by atoms with Crippen molar-refractivity contribution in [1.29, 1.82) is 0 Å². The highest BCUT2D eigenvalue weighted by Crippen LogP contribution is 2.45. The number of alkyl halides is 2. The van der Waals surface area contributed by atoms with E-state index in [-0.39, 0.29) is 50.0 Å². The van der Waals surface area contributed by atoms with Crippen molar-refractivity contribution in [1.82, 2.24) is 24.8 Å². The molecule has 1 aliphatic carbocycles. The lowest BCUT2D eigenvalue weighted by molar-refractivity contribution is -0.131. The Morgan fingerprint density at radius 2 is 1.96 bits per heavy atom. The second-order valence-corrected chi connectivity index (χ2v) is 13.7. The lowest BCUT2D eigenvalue weighted by Crippen LogP contribution is -2.57. The number of carbonyl (C=O) groups excluding carboxylic acids is 1. The third-order valence-corrected chi connectivity index (χ3v) is 10.3. The standard InChI is InChI=1S/C36H43F3N8O2/c1-22-8-7-9-26-16-41-18-31(32(22)26)45-11-10-29-30(21-45)42-35(49-23(2)19-44(6)25(4)27-14-36(38,39)15-27)43-33(29)46-12-13-47(34(48)24(3)37)28(20-46)17-40-5/h7-9,16,18,23,25,27-28H,3,10-15,17,19-21H2,1-2,4,6H3/t23-,25-,28+/m1/s1. The van der Waals surface area contributed by atoms with Crippen LogP contribution in [0.2, 0.25) is 0 Å². The molecule has 1 aromatic carbocycles. The number of benzene rings is 1. The number of hydrogen-bond acceptors (Lipinski definition) is 8. The van der Waals surface area contributed by atoms with Crippen LogP contribution >= 0.6 is 0 Å². The van der Waals surface area contributed by atoms with Gasteiger partial charge in [0.2, 0.25) is 12.5 Å². The van der Waals surface area contributed by atoms with Gasteiger partial charge in [-0.2, -0.15) is 9.97 Å². The first kappa shape index (κ1) is 34.4. The lowest BCUT2D eigenvalue weighted by Gasteiger charge is -2.42. The van der Waals surface area contributed by atoms with Crippen LogP contribution in [0.3, 0.4) is 0 Å². The predicted octanol–water partition coefficient (Wildman–Crippen LogP) is 5.45. The minimum absolute atomic E-state index is 0.0157. The number of rotatable bonds is 10. The molecule has 4 heterocycles. The van der Waals surface area contributed by atoms with Gasteiger partial charge in [-0.05, 0) is 45.7 Å². The van der Waals surface area contributed by atoms with Crippen molar-refractivity contribution in [2.75, 3.05) is 56.1 Å². The minimum atomic E-state index is -2.57. The number of anilines is 2. The summed E-state index contributed by atoms with van der Waals surface area (Å²) in [5.74, 6) is -3.80. The first-order valence-corrected chi connectivity index (χ1v) is 16.8. The average Bonchev–Trinajstić information content (AvgIpc) is 3.05. The summed E-state index contributed by atoms with van der Waals surface area (Å²) in [6.07, 6.45) is 3.86. The first-order valence-electron chi connectivity index (χ1n) is 16.8. The van der Waals surface area contributed by atoms with Crippen molar-refractivity contribution in [2.45, 2.75) is 70.7 Å². The van der Waals surface area contributed by atoms with Crippen molar-refractivity contribution in [2.24, 2.45) is 5.92 Å². The number of pyridine rings is 1. The molecule has 3 atom stereocenters. The molecular formula is C36H43F3N8O2. The highest BCUT2D eigenvalue weighted by atomic mass is 19.3. The number of piperazine rings is 1. The van der Waals surface area contributed by atoms with E-state index in [1.807, 2.05) is 49.2 Å². The van der Waals surface area contributed by atoms with E-state index >= 15 is 0 Å². The number of aryl methyl sites for hydroxylation is 1. The van der Waals surface area contributed by atoms with Crippen molar-refractivity contribution >= 4 is 28.2 Å². The maximum Gasteiger partial charge on any atom is 0.318 e. The number of carbonyl (C=O) groups is 1. The SMILES string of the molecule is [C-]#[N+]C[C@H]1CN(c2nc(O[C@H](C)CN(C)[C@H](C)C3CC(F)(F)C3)nc3c2CCN(c2cncc4cccc(C)c24)C3)CCN1C(=O)C(=C)F. The Balaban J connectivity index is 1.29. The number of nitrogens with zero attached hydrogens (tertiary/aromatic N) is 8. The fourth-order valence-corrected chi connectivity index (χ4v) is 7.48. The molecular weight excluding hydrogens is 633 g/mol. The topological polar surface area (TPSA) is 82.3 Å². The van der Waals surface area contributed by atoms with Gasteiger partial charge in [-0.1, -0.05) is 24.8 Å². The van der Waals surface area contributed by atoms with Crippen LogP contribution in [0.5, 0.6) is 6.01 Å². The number of aromatic nitrogens is 3. The third-order valence-electron chi connectivity index (χ3n) is 10.3. The van der Waals surface area contributed by atoms with Crippen molar-refractivity contribution in [3.05, 3.63) is 71.2 Å². The second-order valence-electron chi connectivity index (χ2n) is 13.7. The molecule has 2 fully saturated rings. The number of likely N-dealkylation sites (N-methyl/N-ethyl adjacent to an activating group) is 1. The van der Waals surface area contributed by atoms with Crippen LogP contribution in [0, 0.1) is 19.4 Å². The van der Waals surface area contributed by atoms with Crippen LogP contribution in [-0.2, 0) is 17.8 Å². The van der Waals surface area contributed by atoms with Gasteiger partial charge >= 0.3 is 6.01 Å². The Morgan fingerprint density at radius 1 is 1.18 bits per heavy atom. The molecule has 1 saturated carbocycles. The molecule has 0 radical (unpaired) electrons. The Kier molecular flexibility index (Phi) is 9.71. The lowest BCUT2D eigenvalue weighted by atomic mass is 9.76. The summed E-state index contributed by atoms with van der Waals surface area (Å²) in [5, 5.41) is 2.20. The largest absolute Gasteiger partial charge is 0.459 e. The average molecular weight is 677 g/mol. The molecule has 2 aliphatic heterocycles. The Bertz CT molecular complexity index is 1770. The Labute approximate surface area is 285 Å². The van der Waals surface area contributed by atoms with E-state index in [0.29, 0.717) is 45.0 Å². The normalized spacial score (nSPS) is 20.4. The third kappa shape index (κ3) is 7.15. The summed E-state index contributed by atoms with van der Waals surface area (Å²) in [4.78, 5) is 38.2. The molecule has 0 bridgehead atoms. The van der Waals surface area contributed by atoms with Gasteiger partial charge in [0.05, 0.1) is 24.1 Å². The molecule has 0 N–H and O–H groups in total. The molecule has 0 unspecified atom stereocenters. The second kappa shape index (κ2) is 13.8. The fraction of sp³-hybridized carbons (Fsp3) is 0.528. The summed E-state index contributed by atoms with van der Waals surface area (Å²) in [6, 6.07) is 5.80. The number of ether oxygens (including phenoxy) is 1. The van der Waals surface area contributed by atoms with E-state index in [0.717, 1.165) is 33.3 Å². The van der Waals surface area contributed by atoms with Gasteiger partial charge in [-0.3, -0.25) is 14.7 Å². The summed E-state index contributed by atoms with van der Waals surface area (Å²) < 4.78 is 47.4. The molecule has 260 valence electrons. The van der Waals surface area contributed by atoms with Gasteiger partial charge in [0.25, 0.3) is 5.91 Å². The summed E-state index contributed by atoms with van der Waals surface area (Å²) in [6.45, 7) is 19.2. The first-order chi connectivity index (χ1) is 23.3. The predicted molar refractivity (Wildman–Crippen MR) is 183 cm³/mol. The summed E-state index contributed by atoms with van der Waals surface area (Å²) in [5.41, 5.74) is 3.94. The molecule has 0 spiro atoms. The quantitative estimate of drug-likeness (QED) is 0.207. The van der Waals surface area contributed by atoms with Gasteiger partial charge in [0, 0.05) is 74.1 Å². The Hall–Kier alpha value is -4.44. The highest BCUT2D eigenvalue weighted by Gasteiger charge is 2.48. The highest BCUT2D eigenvalue weighted by molar-refractivity contribution is 5.96. The van der Waals surface area contributed by atoms with Gasteiger partial charge < -0.3 is 24.3 Å². The molecule has 6 rings (SSSR count). The molecule has 1 amide bonds. The molecule has 2 aromatic heterocycles. The summed E-state index contributed by atoms with van der Waals surface area (Å²) >= 11 is 0. The monoisotopic (exact) mass is 676 g/mol. The van der Waals surface area contributed by atoms with Crippen LogP contribution in [0.1, 0.15) is 43.5 Å².